The molecule has 0 radical (unpaired) electrons. The minimum absolute atomic E-state index is 0.0349. The molecule has 1 aromatic carbocycles. The summed E-state index contributed by atoms with van der Waals surface area (Å²) in [6.07, 6.45) is 3.59. The Bertz CT molecular complexity index is 639. The van der Waals surface area contributed by atoms with Crippen molar-refractivity contribution in [2.75, 3.05) is 12.3 Å². The van der Waals surface area contributed by atoms with Crippen molar-refractivity contribution in [1.29, 1.82) is 0 Å². The maximum absolute atomic E-state index is 12.6. The summed E-state index contributed by atoms with van der Waals surface area (Å²) in [6, 6.07) is 11.8. The van der Waals surface area contributed by atoms with Crippen LogP contribution in [0.25, 0.3) is 0 Å². The molecule has 1 aromatic heterocycles. The van der Waals surface area contributed by atoms with Gasteiger partial charge in [-0.15, -0.1) is 0 Å². The maximum atomic E-state index is 12.6. The van der Waals surface area contributed by atoms with Crippen molar-refractivity contribution in [2.24, 2.45) is 0 Å². The Hall–Kier alpha value is -2.36. The largest absolute Gasteiger partial charge is 0.383 e. The van der Waals surface area contributed by atoms with Crippen LogP contribution >= 0.6 is 0 Å². The molecule has 0 atom stereocenters. The van der Waals surface area contributed by atoms with E-state index in [9.17, 15) is 4.79 Å². The van der Waals surface area contributed by atoms with Crippen molar-refractivity contribution in [2.45, 2.75) is 19.4 Å². The van der Waals surface area contributed by atoms with Crippen LogP contribution in [0.4, 0.5) is 5.82 Å². The monoisotopic (exact) mass is 267 g/mol. The van der Waals surface area contributed by atoms with Gasteiger partial charge in [0.2, 0.25) is 0 Å². The number of rotatable bonds is 1. The summed E-state index contributed by atoms with van der Waals surface area (Å²) >= 11 is 0. The predicted octanol–water partition coefficient (Wildman–Crippen LogP) is 2.25. The molecule has 0 saturated heterocycles. The van der Waals surface area contributed by atoms with Crippen LogP contribution in [0.3, 0.4) is 0 Å². The van der Waals surface area contributed by atoms with Crippen LogP contribution < -0.4 is 5.73 Å². The number of amides is 1. The quantitative estimate of drug-likeness (QED) is 0.862. The number of nitrogen functional groups attached to an aromatic ring is 1. The molecule has 2 heterocycles. The first-order valence-corrected chi connectivity index (χ1v) is 6.82. The first-order valence-electron chi connectivity index (χ1n) is 6.82. The minimum atomic E-state index is -0.0349. The number of pyridine rings is 1. The van der Waals surface area contributed by atoms with E-state index < -0.39 is 0 Å². The van der Waals surface area contributed by atoms with Crippen LogP contribution in [-0.2, 0) is 13.0 Å². The van der Waals surface area contributed by atoms with Gasteiger partial charge in [-0.1, -0.05) is 24.3 Å². The normalized spacial score (nSPS) is 14.5. The minimum Gasteiger partial charge on any atom is -0.383 e. The van der Waals surface area contributed by atoms with Gasteiger partial charge in [0.1, 0.15) is 5.82 Å². The molecule has 0 spiro atoms. The van der Waals surface area contributed by atoms with Crippen LogP contribution in [0.15, 0.2) is 42.6 Å². The Labute approximate surface area is 118 Å². The zero-order valence-electron chi connectivity index (χ0n) is 11.2. The van der Waals surface area contributed by atoms with Crippen LogP contribution in [0.5, 0.6) is 0 Å². The van der Waals surface area contributed by atoms with Gasteiger partial charge in [-0.25, -0.2) is 4.98 Å². The molecule has 1 amide bonds. The van der Waals surface area contributed by atoms with E-state index in [1.807, 2.05) is 11.0 Å². The summed E-state index contributed by atoms with van der Waals surface area (Å²) in [7, 11) is 0. The van der Waals surface area contributed by atoms with Gasteiger partial charge in [-0.3, -0.25) is 4.79 Å². The van der Waals surface area contributed by atoms with Crippen molar-refractivity contribution in [3.05, 3.63) is 59.3 Å². The second-order valence-electron chi connectivity index (χ2n) is 5.04. The molecule has 102 valence electrons. The SMILES string of the molecule is Nc1ncccc1C(=O)N1CCCc2ccccc2C1. The Morgan fingerprint density at radius 3 is 2.75 bits per heavy atom. The molecule has 3 rings (SSSR count). The highest BCUT2D eigenvalue weighted by molar-refractivity contribution is 5.98. The Morgan fingerprint density at radius 1 is 1.15 bits per heavy atom. The highest BCUT2D eigenvalue weighted by Gasteiger charge is 2.21. The molecule has 2 N–H and O–H groups in total. The third-order valence-corrected chi connectivity index (χ3v) is 3.71. The number of hydrogen-bond acceptors (Lipinski definition) is 3. The summed E-state index contributed by atoms with van der Waals surface area (Å²) in [5.74, 6) is 0.266. The van der Waals surface area contributed by atoms with Crippen LogP contribution in [-0.4, -0.2) is 22.3 Å². The van der Waals surface area contributed by atoms with Crippen LogP contribution in [0.1, 0.15) is 27.9 Å². The van der Waals surface area contributed by atoms with E-state index >= 15 is 0 Å². The molecular weight excluding hydrogens is 250 g/mol. The van der Waals surface area contributed by atoms with Crippen LogP contribution in [0, 0.1) is 0 Å². The van der Waals surface area contributed by atoms with Crippen molar-refractivity contribution >= 4 is 11.7 Å². The first-order chi connectivity index (χ1) is 9.75. The molecule has 1 aliphatic heterocycles. The summed E-state index contributed by atoms with van der Waals surface area (Å²) in [4.78, 5) is 18.4. The van der Waals surface area contributed by atoms with Crippen molar-refractivity contribution in [1.82, 2.24) is 9.88 Å². The molecular formula is C16H17N3O. The van der Waals surface area contributed by atoms with E-state index in [1.54, 1.807) is 18.3 Å². The number of carbonyl (C=O) groups is 1. The average molecular weight is 267 g/mol. The fourth-order valence-corrected chi connectivity index (χ4v) is 2.64. The second-order valence-corrected chi connectivity index (χ2v) is 5.04. The number of anilines is 1. The zero-order chi connectivity index (χ0) is 13.9. The maximum Gasteiger partial charge on any atom is 0.257 e. The standard InChI is InChI=1S/C16H17N3O/c17-15-14(8-3-9-18-15)16(20)19-10-4-7-12-5-1-2-6-13(12)11-19/h1-3,5-6,8-9H,4,7,10-11H2,(H2,17,18). The summed E-state index contributed by atoms with van der Waals surface area (Å²) in [6.45, 7) is 1.39. The van der Waals surface area contributed by atoms with Crippen molar-refractivity contribution in [3.63, 3.8) is 0 Å². The average Bonchev–Trinajstić information content (AvgIpc) is 2.69. The zero-order valence-corrected chi connectivity index (χ0v) is 11.2. The highest BCUT2D eigenvalue weighted by atomic mass is 16.2. The molecule has 0 aliphatic carbocycles. The molecule has 1 aliphatic rings. The summed E-state index contributed by atoms with van der Waals surface area (Å²) < 4.78 is 0. The predicted molar refractivity (Wildman–Crippen MR) is 78.2 cm³/mol. The Morgan fingerprint density at radius 2 is 1.95 bits per heavy atom. The molecule has 4 nitrogen and oxygen atoms in total. The van der Waals surface area contributed by atoms with Gasteiger partial charge in [-0.2, -0.15) is 0 Å². The lowest BCUT2D eigenvalue weighted by molar-refractivity contribution is 0.0746. The third kappa shape index (κ3) is 2.37. The van der Waals surface area contributed by atoms with E-state index in [0.29, 0.717) is 17.9 Å². The van der Waals surface area contributed by atoms with E-state index in [4.69, 9.17) is 5.73 Å². The lowest BCUT2D eigenvalue weighted by Crippen LogP contribution is -2.31. The number of benzene rings is 1. The number of nitrogens with two attached hydrogens (primary N) is 1. The number of hydrogen-bond donors (Lipinski definition) is 1. The fraction of sp³-hybridized carbons (Fsp3) is 0.250. The second kappa shape index (κ2) is 5.33. The number of aryl methyl sites for hydroxylation is 1. The number of fused-ring (bicyclic) bond motifs is 1. The third-order valence-electron chi connectivity index (χ3n) is 3.71. The number of nitrogens with zero attached hydrogens (tertiary/aromatic N) is 2. The Kier molecular flexibility index (Phi) is 3.37. The number of carbonyl (C=O) groups excluding carboxylic acids is 1. The van der Waals surface area contributed by atoms with Gasteiger partial charge in [0.25, 0.3) is 5.91 Å². The molecule has 2 aromatic rings. The smallest absolute Gasteiger partial charge is 0.257 e. The fourth-order valence-electron chi connectivity index (χ4n) is 2.64. The lowest BCUT2D eigenvalue weighted by atomic mass is 10.0. The van der Waals surface area contributed by atoms with Gasteiger partial charge in [-0.05, 0) is 36.1 Å². The highest BCUT2D eigenvalue weighted by Crippen LogP contribution is 2.21. The summed E-state index contributed by atoms with van der Waals surface area (Å²) in [5.41, 5.74) is 8.85. The van der Waals surface area contributed by atoms with E-state index in [2.05, 4.69) is 23.2 Å². The van der Waals surface area contributed by atoms with E-state index in [0.717, 1.165) is 19.4 Å². The van der Waals surface area contributed by atoms with Gasteiger partial charge < -0.3 is 10.6 Å². The van der Waals surface area contributed by atoms with Crippen molar-refractivity contribution < 1.29 is 4.79 Å². The topological polar surface area (TPSA) is 59.2 Å². The molecule has 20 heavy (non-hydrogen) atoms. The molecule has 0 unspecified atom stereocenters. The lowest BCUT2D eigenvalue weighted by Gasteiger charge is -2.21. The van der Waals surface area contributed by atoms with Crippen molar-refractivity contribution in [3.8, 4) is 0 Å². The van der Waals surface area contributed by atoms with Gasteiger partial charge in [0, 0.05) is 19.3 Å². The van der Waals surface area contributed by atoms with Gasteiger partial charge in [0.15, 0.2) is 0 Å². The first kappa shape index (κ1) is 12.7. The molecule has 0 fully saturated rings. The van der Waals surface area contributed by atoms with E-state index in [-0.39, 0.29) is 5.91 Å². The van der Waals surface area contributed by atoms with Crippen LogP contribution in [0.2, 0.25) is 0 Å². The molecule has 0 bridgehead atoms. The molecule has 0 saturated carbocycles. The summed E-state index contributed by atoms with van der Waals surface area (Å²) in [5, 5.41) is 0. The Balaban J connectivity index is 1.88. The number of aromatic nitrogens is 1. The van der Waals surface area contributed by atoms with Gasteiger partial charge in [0.05, 0.1) is 5.56 Å². The molecule has 4 heteroatoms. The van der Waals surface area contributed by atoms with Gasteiger partial charge >= 0.3 is 0 Å². The van der Waals surface area contributed by atoms with E-state index in [1.165, 1.54) is 11.1 Å².